The van der Waals surface area contributed by atoms with Crippen molar-refractivity contribution < 1.29 is 4.79 Å². The van der Waals surface area contributed by atoms with E-state index in [4.69, 9.17) is 0 Å². The maximum atomic E-state index is 12.4. The van der Waals surface area contributed by atoms with Gasteiger partial charge < -0.3 is 15.1 Å². The molecule has 134 valence electrons. The molecule has 1 aromatic carbocycles. The van der Waals surface area contributed by atoms with Crippen molar-refractivity contribution in [3.63, 3.8) is 0 Å². The molecular weight excluding hydrogens is 314 g/mol. The molecule has 1 aliphatic rings. The van der Waals surface area contributed by atoms with Crippen molar-refractivity contribution in [3.8, 4) is 0 Å². The van der Waals surface area contributed by atoms with Crippen LogP contribution in [-0.2, 0) is 6.54 Å². The molecule has 0 saturated carbocycles. The summed E-state index contributed by atoms with van der Waals surface area (Å²) >= 11 is 0. The average Bonchev–Trinajstić information content (AvgIpc) is 3.11. The number of nitrogens with one attached hydrogen (secondary N) is 1. The van der Waals surface area contributed by atoms with Crippen molar-refractivity contribution in [2.24, 2.45) is 0 Å². The second-order valence-electron chi connectivity index (χ2n) is 6.55. The minimum absolute atomic E-state index is 0.0130. The number of benzene rings is 1. The molecule has 1 atom stereocenters. The lowest BCUT2D eigenvalue weighted by Gasteiger charge is -2.34. The zero-order valence-electron chi connectivity index (χ0n) is 15.1. The Labute approximate surface area is 149 Å². The molecule has 1 saturated heterocycles. The zero-order valence-corrected chi connectivity index (χ0v) is 15.1. The van der Waals surface area contributed by atoms with E-state index in [0.717, 1.165) is 44.8 Å². The van der Waals surface area contributed by atoms with Crippen LogP contribution in [-0.4, -0.2) is 58.3 Å². The van der Waals surface area contributed by atoms with Crippen LogP contribution in [0.15, 0.2) is 42.7 Å². The van der Waals surface area contributed by atoms with Crippen LogP contribution >= 0.6 is 0 Å². The van der Waals surface area contributed by atoms with Crippen LogP contribution in [0, 0.1) is 0 Å². The van der Waals surface area contributed by atoms with Crippen molar-refractivity contribution >= 4 is 6.03 Å². The van der Waals surface area contributed by atoms with Crippen LogP contribution in [0.2, 0.25) is 0 Å². The van der Waals surface area contributed by atoms with Gasteiger partial charge in [0.05, 0.1) is 18.8 Å². The second kappa shape index (κ2) is 8.16. The van der Waals surface area contributed by atoms with Crippen LogP contribution in [0.5, 0.6) is 0 Å². The molecule has 1 aromatic heterocycles. The third-order valence-electron chi connectivity index (χ3n) is 4.79. The van der Waals surface area contributed by atoms with Crippen molar-refractivity contribution in [2.75, 3.05) is 32.7 Å². The minimum Gasteiger partial charge on any atom is -0.331 e. The number of hydrogen-bond donors (Lipinski definition) is 1. The molecule has 2 heterocycles. The van der Waals surface area contributed by atoms with Gasteiger partial charge in [-0.1, -0.05) is 37.3 Å². The summed E-state index contributed by atoms with van der Waals surface area (Å²) in [5.41, 5.74) is 2.24. The molecule has 25 heavy (non-hydrogen) atoms. The highest BCUT2D eigenvalue weighted by Gasteiger charge is 2.21. The number of amides is 2. The molecule has 1 N–H and O–H groups in total. The van der Waals surface area contributed by atoms with E-state index in [9.17, 15) is 4.79 Å². The molecule has 0 unspecified atom stereocenters. The van der Waals surface area contributed by atoms with Gasteiger partial charge in [-0.15, -0.1) is 0 Å². The van der Waals surface area contributed by atoms with Crippen molar-refractivity contribution in [2.45, 2.75) is 26.4 Å². The number of nitrogens with zero attached hydrogens (tertiary/aromatic N) is 4. The number of hydrogen-bond acceptors (Lipinski definition) is 3. The lowest BCUT2D eigenvalue weighted by Crippen LogP contribution is -2.51. The van der Waals surface area contributed by atoms with E-state index in [-0.39, 0.29) is 12.1 Å². The smallest absolute Gasteiger partial charge is 0.317 e. The number of aromatic nitrogens is 2. The van der Waals surface area contributed by atoms with Crippen molar-refractivity contribution in [1.82, 2.24) is 24.9 Å². The van der Waals surface area contributed by atoms with Crippen LogP contribution in [0.25, 0.3) is 0 Å². The largest absolute Gasteiger partial charge is 0.331 e. The SMILES string of the molecule is CCN1CCN(C(=O)N[C@@H](C)c2cnn(Cc3ccccc3)c2)CC1. The van der Waals surface area contributed by atoms with Crippen LogP contribution in [0.1, 0.15) is 31.0 Å². The second-order valence-corrected chi connectivity index (χ2v) is 6.55. The van der Waals surface area contributed by atoms with Gasteiger partial charge in [-0.05, 0) is 19.0 Å². The van der Waals surface area contributed by atoms with Gasteiger partial charge >= 0.3 is 6.03 Å². The predicted octanol–water partition coefficient (Wildman–Crippen LogP) is 2.34. The van der Waals surface area contributed by atoms with Crippen LogP contribution < -0.4 is 5.32 Å². The zero-order chi connectivity index (χ0) is 17.6. The topological polar surface area (TPSA) is 53.4 Å². The highest BCUT2D eigenvalue weighted by molar-refractivity contribution is 5.74. The Morgan fingerprint density at radius 1 is 1.20 bits per heavy atom. The summed E-state index contributed by atoms with van der Waals surface area (Å²) in [4.78, 5) is 16.7. The number of carbonyl (C=O) groups excluding carboxylic acids is 1. The van der Waals surface area contributed by atoms with Gasteiger partial charge in [0, 0.05) is 37.9 Å². The third kappa shape index (κ3) is 4.60. The fourth-order valence-corrected chi connectivity index (χ4v) is 3.09. The Balaban J connectivity index is 1.53. The van der Waals surface area contributed by atoms with E-state index in [1.807, 2.05) is 47.1 Å². The van der Waals surface area contributed by atoms with Crippen LogP contribution in [0.4, 0.5) is 4.79 Å². The van der Waals surface area contributed by atoms with Gasteiger partial charge in [0.1, 0.15) is 0 Å². The molecule has 1 fully saturated rings. The fourth-order valence-electron chi connectivity index (χ4n) is 3.09. The molecule has 6 nitrogen and oxygen atoms in total. The van der Waals surface area contributed by atoms with Gasteiger partial charge in [-0.25, -0.2) is 4.79 Å². The Morgan fingerprint density at radius 3 is 2.60 bits per heavy atom. The highest BCUT2D eigenvalue weighted by Crippen LogP contribution is 2.13. The molecule has 6 heteroatoms. The van der Waals surface area contributed by atoms with E-state index in [2.05, 4.69) is 34.4 Å². The third-order valence-corrected chi connectivity index (χ3v) is 4.79. The molecule has 1 aliphatic heterocycles. The van der Waals surface area contributed by atoms with Gasteiger partial charge in [0.25, 0.3) is 0 Å². The normalized spacial score (nSPS) is 16.6. The summed E-state index contributed by atoms with van der Waals surface area (Å²) in [6, 6.07) is 10.2. The van der Waals surface area contributed by atoms with Gasteiger partial charge in [0.15, 0.2) is 0 Å². The summed E-state index contributed by atoms with van der Waals surface area (Å²) < 4.78 is 1.91. The first-order valence-electron chi connectivity index (χ1n) is 8.99. The van der Waals surface area contributed by atoms with E-state index < -0.39 is 0 Å². The molecule has 2 aromatic rings. The predicted molar refractivity (Wildman–Crippen MR) is 98.4 cm³/mol. The summed E-state index contributed by atoms with van der Waals surface area (Å²) in [5.74, 6) is 0. The Hall–Kier alpha value is -2.34. The minimum atomic E-state index is -0.0544. The summed E-state index contributed by atoms with van der Waals surface area (Å²) in [6.07, 6.45) is 3.84. The Kier molecular flexibility index (Phi) is 5.71. The van der Waals surface area contributed by atoms with Gasteiger partial charge in [-0.3, -0.25) is 4.68 Å². The fraction of sp³-hybridized carbons (Fsp3) is 0.474. The number of piperazine rings is 1. The number of urea groups is 1. The van der Waals surface area contributed by atoms with Crippen molar-refractivity contribution in [3.05, 3.63) is 53.9 Å². The maximum Gasteiger partial charge on any atom is 0.317 e. The number of carbonyl (C=O) groups is 1. The molecule has 0 aliphatic carbocycles. The molecule has 0 spiro atoms. The monoisotopic (exact) mass is 341 g/mol. The molecule has 3 rings (SSSR count). The highest BCUT2D eigenvalue weighted by atomic mass is 16.2. The molecule has 0 radical (unpaired) electrons. The van der Waals surface area contributed by atoms with Crippen LogP contribution in [0.3, 0.4) is 0 Å². The quantitative estimate of drug-likeness (QED) is 0.908. The van der Waals surface area contributed by atoms with Crippen molar-refractivity contribution in [1.29, 1.82) is 0 Å². The first-order valence-corrected chi connectivity index (χ1v) is 8.99. The molecular formula is C19H27N5O. The summed E-state index contributed by atoms with van der Waals surface area (Å²) in [5, 5.41) is 7.51. The van der Waals surface area contributed by atoms with Gasteiger partial charge in [-0.2, -0.15) is 5.10 Å². The standard InChI is InChI=1S/C19H27N5O/c1-3-22-9-11-23(12-10-22)19(25)21-16(2)18-13-20-24(15-18)14-17-7-5-4-6-8-17/h4-8,13,15-16H,3,9-12,14H2,1-2H3,(H,21,25)/t16-/m0/s1. The summed E-state index contributed by atoms with van der Waals surface area (Å²) in [7, 11) is 0. The average molecular weight is 341 g/mol. The lowest BCUT2D eigenvalue weighted by atomic mass is 10.2. The van der Waals surface area contributed by atoms with E-state index >= 15 is 0 Å². The molecule has 2 amide bonds. The number of likely N-dealkylation sites (N-methyl/N-ethyl adjacent to an activating group) is 1. The number of rotatable bonds is 5. The van der Waals surface area contributed by atoms with E-state index in [1.54, 1.807) is 0 Å². The Bertz CT molecular complexity index is 676. The lowest BCUT2D eigenvalue weighted by molar-refractivity contribution is 0.141. The van der Waals surface area contributed by atoms with Gasteiger partial charge in [0.2, 0.25) is 0 Å². The Morgan fingerprint density at radius 2 is 1.92 bits per heavy atom. The maximum absolute atomic E-state index is 12.4. The summed E-state index contributed by atoms with van der Waals surface area (Å²) in [6.45, 7) is 9.43. The first-order chi connectivity index (χ1) is 12.2. The van der Waals surface area contributed by atoms with E-state index in [1.165, 1.54) is 5.56 Å². The first kappa shape index (κ1) is 17.5. The van der Waals surface area contributed by atoms with E-state index in [0.29, 0.717) is 0 Å². The molecule has 0 bridgehead atoms.